The minimum atomic E-state index is -0.888. The van der Waals surface area contributed by atoms with Crippen molar-refractivity contribution in [2.24, 2.45) is 0 Å². The zero-order valence-corrected chi connectivity index (χ0v) is 13.0. The number of thioether (sulfide) groups is 1. The fourth-order valence-electron chi connectivity index (χ4n) is 2.43. The zero-order valence-electron chi connectivity index (χ0n) is 11.4. The number of rotatable bonds is 5. The van der Waals surface area contributed by atoms with Crippen LogP contribution < -0.4 is 0 Å². The Labute approximate surface area is 125 Å². The minimum absolute atomic E-state index is 0.0361. The van der Waals surface area contributed by atoms with Gasteiger partial charge in [-0.25, -0.2) is 0 Å². The molecule has 110 valence electrons. The summed E-state index contributed by atoms with van der Waals surface area (Å²) in [6.45, 7) is 0.457. The highest BCUT2D eigenvalue weighted by atomic mass is 32.2. The first-order valence-corrected chi connectivity index (χ1v) is 8.34. The SMILES string of the molecule is COC1CC(CC(=O)O)N(C(=O)c2sccc2SC)C1. The number of ether oxygens (including phenoxy) is 1. The summed E-state index contributed by atoms with van der Waals surface area (Å²) in [5, 5.41) is 10.9. The molecule has 0 bridgehead atoms. The molecular weight excluding hydrogens is 298 g/mol. The number of nitrogens with zero attached hydrogens (tertiary/aromatic N) is 1. The second-order valence-electron chi connectivity index (χ2n) is 4.62. The molecule has 1 aromatic rings. The third-order valence-electron chi connectivity index (χ3n) is 3.42. The molecule has 1 fully saturated rings. The molecule has 2 atom stereocenters. The van der Waals surface area contributed by atoms with Gasteiger partial charge in [-0.3, -0.25) is 9.59 Å². The fraction of sp³-hybridized carbons (Fsp3) is 0.538. The van der Waals surface area contributed by atoms with E-state index in [1.54, 1.807) is 12.0 Å². The Bertz CT molecular complexity index is 502. The molecule has 1 saturated heterocycles. The molecule has 1 amide bonds. The maximum absolute atomic E-state index is 12.6. The number of hydrogen-bond donors (Lipinski definition) is 1. The highest BCUT2D eigenvalue weighted by Gasteiger charge is 2.37. The highest BCUT2D eigenvalue weighted by molar-refractivity contribution is 7.98. The smallest absolute Gasteiger partial charge is 0.305 e. The summed E-state index contributed by atoms with van der Waals surface area (Å²) in [5.74, 6) is -0.976. The summed E-state index contributed by atoms with van der Waals surface area (Å²) < 4.78 is 5.29. The lowest BCUT2D eigenvalue weighted by Crippen LogP contribution is -2.37. The molecule has 2 heterocycles. The third kappa shape index (κ3) is 3.16. The maximum Gasteiger partial charge on any atom is 0.305 e. The number of aliphatic carboxylic acids is 1. The van der Waals surface area contributed by atoms with Crippen LogP contribution in [0.25, 0.3) is 0 Å². The molecule has 20 heavy (non-hydrogen) atoms. The molecule has 1 N–H and O–H groups in total. The van der Waals surface area contributed by atoms with Crippen molar-refractivity contribution >= 4 is 35.0 Å². The van der Waals surface area contributed by atoms with E-state index < -0.39 is 5.97 Å². The lowest BCUT2D eigenvalue weighted by Gasteiger charge is -2.23. The first kappa shape index (κ1) is 15.3. The Hall–Kier alpha value is -1.05. The second-order valence-corrected chi connectivity index (χ2v) is 6.38. The second kappa shape index (κ2) is 6.60. The molecular formula is C13H17NO4S2. The van der Waals surface area contributed by atoms with E-state index in [1.165, 1.54) is 23.1 Å². The largest absolute Gasteiger partial charge is 0.481 e. The van der Waals surface area contributed by atoms with Crippen LogP contribution in [0.1, 0.15) is 22.5 Å². The first-order chi connectivity index (χ1) is 9.56. The van der Waals surface area contributed by atoms with Crippen LogP contribution in [0.2, 0.25) is 0 Å². The highest BCUT2D eigenvalue weighted by Crippen LogP contribution is 2.31. The molecule has 1 aromatic heterocycles. The van der Waals surface area contributed by atoms with Crippen molar-refractivity contribution in [2.75, 3.05) is 19.9 Å². The van der Waals surface area contributed by atoms with Gasteiger partial charge in [-0.15, -0.1) is 23.1 Å². The predicted octanol–water partition coefficient (Wildman–Crippen LogP) is 2.17. The van der Waals surface area contributed by atoms with E-state index in [4.69, 9.17) is 9.84 Å². The molecule has 5 nitrogen and oxygen atoms in total. The summed E-state index contributed by atoms with van der Waals surface area (Å²) in [4.78, 5) is 26.8. The van der Waals surface area contributed by atoms with E-state index in [9.17, 15) is 9.59 Å². The van der Waals surface area contributed by atoms with Gasteiger partial charge >= 0.3 is 5.97 Å². The first-order valence-electron chi connectivity index (χ1n) is 6.23. The van der Waals surface area contributed by atoms with Crippen molar-refractivity contribution in [3.8, 4) is 0 Å². The average molecular weight is 315 g/mol. The number of amides is 1. The fourth-order valence-corrected chi connectivity index (χ4v) is 4.13. The molecule has 0 aliphatic carbocycles. The van der Waals surface area contributed by atoms with Gasteiger partial charge in [0.1, 0.15) is 4.88 Å². The van der Waals surface area contributed by atoms with E-state index in [0.29, 0.717) is 17.8 Å². The van der Waals surface area contributed by atoms with Gasteiger partial charge in [0.05, 0.1) is 12.5 Å². The molecule has 2 unspecified atom stereocenters. The Morgan fingerprint density at radius 1 is 1.60 bits per heavy atom. The van der Waals surface area contributed by atoms with E-state index >= 15 is 0 Å². The van der Waals surface area contributed by atoms with Gasteiger partial charge in [0.2, 0.25) is 0 Å². The average Bonchev–Trinajstić information content (AvgIpc) is 3.03. The lowest BCUT2D eigenvalue weighted by atomic mass is 10.1. The van der Waals surface area contributed by atoms with E-state index in [2.05, 4.69) is 0 Å². The van der Waals surface area contributed by atoms with Gasteiger partial charge in [-0.2, -0.15) is 0 Å². The quantitative estimate of drug-likeness (QED) is 0.844. The minimum Gasteiger partial charge on any atom is -0.481 e. The van der Waals surface area contributed by atoms with Gasteiger partial charge in [-0.05, 0) is 24.1 Å². The predicted molar refractivity (Wildman–Crippen MR) is 78.6 cm³/mol. The zero-order chi connectivity index (χ0) is 14.7. The van der Waals surface area contributed by atoms with Crippen LogP contribution >= 0.6 is 23.1 Å². The van der Waals surface area contributed by atoms with Crippen LogP contribution in [-0.2, 0) is 9.53 Å². The van der Waals surface area contributed by atoms with Crippen LogP contribution in [-0.4, -0.2) is 53.9 Å². The normalized spacial score (nSPS) is 22.2. The molecule has 1 aliphatic heterocycles. The van der Waals surface area contributed by atoms with Gasteiger partial charge in [0, 0.05) is 24.6 Å². The van der Waals surface area contributed by atoms with Gasteiger partial charge in [-0.1, -0.05) is 0 Å². The Morgan fingerprint density at radius 3 is 2.95 bits per heavy atom. The number of hydrogen-bond acceptors (Lipinski definition) is 5. The van der Waals surface area contributed by atoms with Gasteiger partial charge in [0.25, 0.3) is 5.91 Å². The summed E-state index contributed by atoms with van der Waals surface area (Å²) in [6, 6.07) is 1.63. The van der Waals surface area contributed by atoms with Crippen LogP contribution in [0.4, 0.5) is 0 Å². The molecule has 1 aliphatic rings. The lowest BCUT2D eigenvalue weighted by molar-refractivity contribution is -0.137. The Balaban J connectivity index is 2.19. The number of carbonyl (C=O) groups excluding carboxylic acids is 1. The van der Waals surface area contributed by atoms with Crippen LogP contribution in [0.5, 0.6) is 0 Å². The number of carboxylic acid groups (broad SMARTS) is 1. The monoisotopic (exact) mass is 315 g/mol. The van der Waals surface area contributed by atoms with Gasteiger partial charge in [0.15, 0.2) is 0 Å². The number of likely N-dealkylation sites (tertiary alicyclic amines) is 1. The Kier molecular flexibility index (Phi) is 5.06. The molecule has 0 saturated carbocycles. The summed E-state index contributed by atoms with van der Waals surface area (Å²) >= 11 is 2.92. The summed E-state index contributed by atoms with van der Waals surface area (Å²) in [5.41, 5.74) is 0. The summed E-state index contributed by atoms with van der Waals surface area (Å²) in [7, 11) is 1.59. The topological polar surface area (TPSA) is 66.8 Å². The van der Waals surface area contributed by atoms with Crippen molar-refractivity contribution in [3.05, 3.63) is 16.3 Å². The molecule has 7 heteroatoms. The number of carbonyl (C=O) groups is 2. The van der Waals surface area contributed by atoms with Crippen molar-refractivity contribution in [1.29, 1.82) is 0 Å². The number of methoxy groups -OCH3 is 1. The number of carboxylic acids is 1. The molecule has 0 radical (unpaired) electrons. The standard InChI is InChI=1S/C13H17NO4S2/c1-18-9-5-8(6-11(15)16)14(7-9)13(17)12-10(19-2)3-4-20-12/h3-4,8-9H,5-7H2,1-2H3,(H,15,16). The van der Waals surface area contributed by atoms with Crippen molar-refractivity contribution < 1.29 is 19.4 Å². The van der Waals surface area contributed by atoms with Crippen molar-refractivity contribution in [3.63, 3.8) is 0 Å². The van der Waals surface area contributed by atoms with Crippen molar-refractivity contribution in [1.82, 2.24) is 4.90 Å². The van der Waals surface area contributed by atoms with E-state index in [0.717, 1.165) is 4.90 Å². The maximum atomic E-state index is 12.6. The van der Waals surface area contributed by atoms with E-state index in [-0.39, 0.29) is 24.5 Å². The Morgan fingerprint density at radius 2 is 2.35 bits per heavy atom. The number of thiophene rings is 1. The van der Waals surface area contributed by atoms with Gasteiger partial charge < -0.3 is 14.7 Å². The molecule has 2 rings (SSSR count). The molecule has 0 spiro atoms. The molecule has 0 aromatic carbocycles. The van der Waals surface area contributed by atoms with Crippen LogP contribution in [0.3, 0.4) is 0 Å². The van der Waals surface area contributed by atoms with Crippen molar-refractivity contribution in [2.45, 2.75) is 29.9 Å². The van der Waals surface area contributed by atoms with E-state index in [1.807, 2.05) is 17.7 Å². The third-order valence-corrected chi connectivity index (χ3v) is 5.24. The van der Waals surface area contributed by atoms with Crippen LogP contribution in [0.15, 0.2) is 16.3 Å². The summed E-state index contributed by atoms with van der Waals surface area (Å²) in [6.07, 6.45) is 2.39. The van der Waals surface area contributed by atoms with Crippen LogP contribution in [0, 0.1) is 0 Å².